The smallest absolute Gasteiger partial charge is 0.410 e. The fourth-order valence-corrected chi connectivity index (χ4v) is 5.04. The van der Waals surface area contributed by atoms with E-state index in [2.05, 4.69) is 9.88 Å². The molecule has 0 spiro atoms. The van der Waals surface area contributed by atoms with Crippen LogP contribution >= 0.6 is 0 Å². The number of rotatable bonds is 6. The van der Waals surface area contributed by atoms with Gasteiger partial charge in [0.15, 0.2) is 0 Å². The van der Waals surface area contributed by atoms with Crippen molar-refractivity contribution >= 4 is 23.0 Å². The number of hydrogen-bond acceptors (Lipinski definition) is 7. The Kier molecular flexibility index (Phi) is 8.34. The molecule has 3 heterocycles. The van der Waals surface area contributed by atoms with E-state index >= 15 is 0 Å². The molecule has 2 fully saturated rings. The summed E-state index contributed by atoms with van der Waals surface area (Å²) in [6.45, 7) is 11.2. The second kappa shape index (κ2) is 11.5. The lowest BCUT2D eigenvalue weighted by Gasteiger charge is -2.38. The maximum absolute atomic E-state index is 12.3. The summed E-state index contributed by atoms with van der Waals surface area (Å²) in [7, 11) is 1.38. The molecule has 0 unspecified atom stereocenters. The van der Waals surface area contributed by atoms with Crippen LogP contribution < -0.4 is 4.74 Å². The zero-order valence-electron chi connectivity index (χ0n) is 22.0. The Morgan fingerprint density at radius 1 is 1.00 bits per heavy atom. The summed E-state index contributed by atoms with van der Waals surface area (Å²) in [5.74, 6) is 1.52. The molecule has 1 amide bonds. The van der Waals surface area contributed by atoms with Gasteiger partial charge in [0, 0.05) is 31.2 Å². The van der Waals surface area contributed by atoms with Gasteiger partial charge in [-0.3, -0.25) is 4.98 Å². The predicted molar refractivity (Wildman–Crippen MR) is 138 cm³/mol. The van der Waals surface area contributed by atoms with Crippen molar-refractivity contribution in [3.63, 3.8) is 0 Å². The molecule has 0 aliphatic carbocycles. The minimum absolute atomic E-state index is 0.189. The normalized spacial score (nSPS) is 18.3. The van der Waals surface area contributed by atoms with Gasteiger partial charge in [0.2, 0.25) is 0 Å². The Hall–Kier alpha value is -2.87. The fourth-order valence-electron chi connectivity index (χ4n) is 5.04. The summed E-state index contributed by atoms with van der Waals surface area (Å²) in [4.78, 5) is 33.1. The Bertz CT molecular complexity index is 1050. The zero-order chi connectivity index (χ0) is 25.7. The molecule has 8 nitrogen and oxygen atoms in total. The first-order valence-electron chi connectivity index (χ1n) is 13.0. The standard InChI is InChI=1S/C28H39N3O5/c1-28(2,3)36-27(33)31-15-10-20(11-16-31)18-30-13-8-21(9-14-30)19-35-22-5-6-25-24(17-22)23(7-12-29-25)26(32)34-4/h5-7,12,17,20-21H,8-11,13-16,18-19H2,1-4H3. The summed E-state index contributed by atoms with van der Waals surface area (Å²) in [6.07, 6.45) is 5.72. The van der Waals surface area contributed by atoms with Gasteiger partial charge in [0.25, 0.3) is 0 Å². The summed E-state index contributed by atoms with van der Waals surface area (Å²) in [6, 6.07) is 7.35. The first-order chi connectivity index (χ1) is 17.2. The highest BCUT2D eigenvalue weighted by Crippen LogP contribution is 2.26. The van der Waals surface area contributed by atoms with Crippen LogP contribution in [-0.2, 0) is 9.47 Å². The maximum atomic E-state index is 12.3. The van der Waals surface area contributed by atoms with Crippen molar-refractivity contribution in [2.24, 2.45) is 11.8 Å². The number of esters is 1. The van der Waals surface area contributed by atoms with Gasteiger partial charge >= 0.3 is 12.1 Å². The first kappa shape index (κ1) is 26.2. The van der Waals surface area contributed by atoms with Crippen LogP contribution in [-0.4, -0.2) is 78.9 Å². The van der Waals surface area contributed by atoms with E-state index in [0.29, 0.717) is 24.0 Å². The topological polar surface area (TPSA) is 81.2 Å². The van der Waals surface area contributed by atoms with Crippen molar-refractivity contribution in [2.75, 3.05) is 46.4 Å². The van der Waals surface area contributed by atoms with Crippen LogP contribution in [0.1, 0.15) is 56.8 Å². The molecule has 0 N–H and O–H groups in total. The Morgan fingerprint density at radius 2 is 1.69 bits per heavy atom. The van der Waals surface area contributed by atoms with Gasteiger partial charge in [-0.2, -0.15) is 0 Å². The summed E-state index contributed by atoms with van der Waals surface area (Å²) in [5.41, 5.74) is 0.799. The Labute approximate surface area is 213 Å². The van der Waals surface area contributed by atoms with Gasteiger partial charge in [-0.05, 0) is 95.6 Å². The molecule has 2 aromatic rings. The number of carbonyl (C=O) groups excluding carboxylic acids is 2. The molecule has 0 atom stereocenters. The predicted octanol–water partition coefficient (Wildman–Crippen LogP) is 4.76. The van der Waals surface area contributed by atoms with Gasteiger partial charge in [0.05, 0.1) is 24.8 Å². The van der Waals surface area contributed by atoms with Crippen molar-refractivity contribution in [3.05, 3.63) is 36.0 Å². The fraction of sp³-hybridized carbons (Fsp3) is 0.607. The highest BCUT2D eigenvalue weighted by Gasteiger charge is 2.29. The third-order valence-corrected chi connectivity index (χ3v) is 7.09. The largest absolute Gasteiger partial charge is 0.493 e. The zero-order valence-corrected chi connectivity index (χ0v) is 22.0. The number of pyridine rings is 1. The van der Waals surface area contributed by atoms with Gasteiger partial charge in [0.1, 0.15) is 11.4 Å². The summed E-state index contributed by atoms with van der Waals surface area (Å²) < 4.78 is 16.5. The second-order valence-corrected chi connectivity index (χ2v) is 11.0. The lowest BCUT2D eigenvalue weighted by Crippen LogP contribution is -2.45. The number of methoxy groups -OCH3 is 1. The third kappa shape index (κ3) is 6.87. The van der Waals surface area contributed by atoms with Crippen LogP contribution in [0.25, 0.3) is 10.9 Å². The monoisotopic (exact) mass is 497 g/mol. The average molecular weight is 498 g/mol. The molecule has 1 aromatic carbocycles. The second-order valence-electron chi connectivity index (χ2n) is 11.0. The van der Waals surface area contributed by atoms with E-state index in [0.717, 1.165) is 75.1 Å². The Balaban J connectivity index is 1.20. The number of carbonyl (C=O) groups is 2. The molecular weight excluding hydrogens is 458 g/mol. The number of amides is 1. The summed E-state index contributed by atoms with van der Waals surface area (Å²) in [5, 5.41) is 0.745. The van der Waals surface area contributed by atoms with E-state index in [9.17, 15) is 9.59 Å². The minimum atomic E-state index is -0.445. The molecule has 196 valence electrons. The van der Waals surface area contributed by atoms with Gasteiger partial charge in [-0.25, -0.2) is 9.59 Å². The number of ether oxygens (including phenoxy) is 3. The number of aromatic nitrogens is 1. The van der Waals surface area contributed by atoms with Crippen molar-refractivity contribution in [3.8, 4) is 5.75 Å². The number of benzene rings is 1. The highest BCUT2D eigenvalue weighted by atomic mass is 16.6. The number of fused-ring (bicyclic) bond motifs is 1. The van der Waals surface area contributed by atoms with E-state index in [1.54, 1.807) is 12.3 Å². The van der Waals surface area contributed by atoms with E-state index in [4.69, 9.17) is 14.2 Å². The van der Waals surface area contributed by atoms with Crippen LogP contribution in [0.3, 0.4) is 0 Å². The van der Waals surface area contributed by atoms with Crippen molar-refractivity contribution < 1.29 is 23.8 Å². The van der Waals surface area contributed by atoms with Gasteiger partial charge in [-0.1, -0.05) is 0 Å². The lowest BCUT2D eigenvalue weighted by molar-refractivity contribution is 0.0162. The molecule has 2 aliphatic rings. The highest BCUT2D eigenvalue weighted by molar-refractivity contribution is 6.03. The van der Waals surface area contributed by atoms with E-state index < -0.39 is 5.60 Å². The SMILES string of the molecule is COC(=O)c1ccnc2ccc(OCC3CCN(CC4CCN(C(=O)OC(C)(C)C)CC4)CC3)cc12. The first-order valence-corrected chi connectivity index (χ1v) is 13.0. The van der Waals surface area contributed by atoms with Gasteiger partial charge in [-0.15, -0.1) is 0 Å². The molecule has 0 radical (unpaired) electrons. The molecule has 36 heavy (non-hydrogen) atoms. The third-order valence-electron chi connectivity index (χ3n) is 7.09. The average Bonchev–Trinajstić information content (AvgIpc) is 2.86. The molecular formula is C28H39N3O5. The minimum Gasteiger partial charge on any atom is -0.493 e. The van der Waals surface area contributed by atoms with Gasteiger partial charge < -0.3 is 24.0 Å². The summed E-state index contributed by atoms with van der Waals surface area (Å²) >= 11 is 0. The molecule has 2 saturated heterocycles. The molecule has 4 rings (SSSR count). The molecule has 0 bridgehead atoms. The lowest BCUT2D eigenvalue weighted by atomic mass is 9.93. The van der Waals surface area contributed by atoms with E-state index in [1.807, 2.05) is 43.9 Å². The van der Waals surface area contributed by atoms with Crippen molar-refractivity contribution in [1.29, 1.82) is 0 Å². The van der Waals surface area contributed by atoms with E-state index in [1.165, 1.54) is 7.11 Å². The number of hydrogen-bond donors (Lipinski definition) is 0. The Morgan fingerprint density at radius 3 is 2.36 bits per heavy atom. The molecule has 8 heteroatoms. The van der Waals surface area contributed by atoms with Crippen LogP contribution in [0.2, 0.25) is 0 Å². The quantitative estimate of drug-likeness (QED) is 0.532. The molecule has 0 saturated carbocycles. The molecule has 1 aromatic heterocycles. The van der Waals surface area contributed by atoms with Crippen LogP contribution in [0.4, 0.5) is 4.79 Å². The number of likely N-dealkylation sites (tertiary alicyclic amines) is 2. The number of nitrogens with zero attached hydrogens (tertiary/aromatic N) is 3. The maximum Gasteiger partial charge on any atom is 0.410 e. The van der Waals surface area contributed by atoms with Crippen LogP contribution in [0.15, 0.2) is 30.5 Å². The van der Waals surface area contributed by atoms with Crippen LogP contribution in [0, 0.1) is 11.8 Å². The van der Waals surface area contributed by atoms with Crippen molar-refractivity contribution in [1.82, 2.24) is 14.8 Å². The van der Waals surface area contributed by atoms with Crippen LogP contribution in [0.5, 0.6) is 5.75 Å². The number of piperidine rings is 2. The van der Waals surface area contributed by atoms with E-state index in [-0.39, 0.29) is 12.1 Å². The molecule has 2 aliphatic heterocycles. The van der Waals surface area contributed by atoms with Crippen molar-refractivity contribution in [2.45, 2.75) is 52.1 Å².